The maximum absolute atomic E-state index is 14.1. The Morgan fingerprint density at radius 3 is 2.41 bits per heavy atom. The van der Waals surface area contributed by atoms with Gasteiger partial charge in [-0.25, -0.2) is 9.38 Å². The number of hydrogen-bond acceptors (Lipinski definition) is 2. The van der Waals surface area contributed by atoms with Crippen molar-refractivity contribution < 1.29 is 9.18 Å². The van der Waals surface area contributed by atoms with E-state index in [0.29, 0.717) is 11.4 Å². The first-order chi connectivity index (χ1) is 13.9. The van der Waals surface area contributed by atoms with E-state index in [0.717, 1.165) is 26.9 Å². The summed E-state index contributed by atoms with van der Waals surface area (Å²) in [6.07, 6.45) is 1.50. The van der Waals surface area contributed by atoms with Crippen LogP contribution in [0, 0.1) is 19.7 Å². The first-order valence-corrected chi connectivity index (χ1v) is 9.96. The Bertz CT molecular complexity index is 1170. The molecule has 5 heteroatoms. The quantitative estimate of drug-likeness (QED) is 0.449. The number of aliphatic imine (C=N–C) groups is 1. The van der Waals surface area contributed by atoms with Crippen LogP contribution in [0.2, 0.25) is 0 Å². The highest BCUT2D eigenvalue weighted by Crippen LogP contribution is 2.31. The average molecular weight is 449 g/mol. The zero-order valence-electron chi connectivity index (χ0n) is 16.0. The van der Waals surface area contributed by atoms with Gasteiger partial charge >= 0.3 is 0 Å². The van der Waals surface area contributed by atoms with E-state index >= 15 is 0 Å². The van der Waals surface area contributed by atoms with Gasteiger partial charge in [0, 0.05) is 15.6 Å². The highest BCUT2D eigenvalue weighted by Gasteiger charge is 2.33. The van der Waals surface area contributed by atoms with Crippen molar-refractivity contribution in [3.63, 3.8) is 0 Å². The maximum atomic E-state index is 14.1. The van der Waals surface area contributed by atoms with Crippen LogP contribution >= 0.6 is 15.9 Å². The van der Waals surface area contributed by atoms with Gasteiger partial charge in [0.1, 0.15) is 17.3 Å². The summed E-state index contributed by atoms with van der Waals surface area (Å²) in [5.41, 5.74) is 4.18. The Labute approximate surface area is 177 Å². The molecule has 0 atom stereocenters. The van der Waals surface area contributed by atoms with Gasteiger partial charge in [0.05, 0.1) is 5.69 Å². The predicted octanol–water partition coefficient (Wildman–Crippen LogP) is 6.04. The molecule has 0 spiro atoms. The van der Waals surface area contributed by atoms with Gasteiger partial charge in [0.2, 0.25) is 0 Å². The van der Waals surface area contributed by atoms with Gasteiger partial charge in [0.15, 0.2) is 0 Å². The molecule has 1 heterocycles. The molecule has 0 aliphatic carbocycles. The Hall–Kier alpha value is -3.05. The molecular weight excluding hydrogens is 431 g/mol. The van der Waals surface area contributed by atoms with Crippen molar-refractivity contribution in [1.82, 2.24) is 0 Å². The fourth-order valence-electron chi connectivity index (χ4n) is 3.33. The Kier molecular flexibility index (Phi) is 5.16. The van der Waals surface area contributed by atoms with Crippen molar-refractivity contribution in [2.75, 3.05) is 4.90 Å². The SMILES string of the molecule is Cc1ccc(N2C(=O)/C(=C/c3ccccc3F)N=C2c2ccc(Br)cc2)c(C)c1. The van der Waals surface area contributed by atoms with Crippen LogP contribution in [0.3, 0.4) is 0 Å². The molecule has 29 heavy (non-hydrogen) atoms. The van der Waals surface area contributed by atoms with Crippen molar-refractivity contribution in [2.45, 2.75) is 13.8 Å². The number of carbonyl (C=O) groups is 1. The molecule has 0 saturated heterocycles. The molecule has 0 saturated carbocycles. The van der Waals surface area contributed by atoms with Crippen LogP contribution in [-0.2, 0) is 4.79 Å². The molecule has 144 valence electrons. The third kappa shape index (κ3) is 3.78. The monoisotopic (exact) mass is 448 g/mol. The van der Waals surface area contributed by atoms with Gasteiger partial charge < -0.3 is 0 Å². The van der Waals surface area contributed by atoms with E-state index < -0.39 is 5.82 Å². The van der Waals surface area contributed by atoms with E-state index in [4.69, 9.17) is 0 Å². The molecule has 0 fully saturated rings. The van der Waals surface area contributed by atoms with E-state index in [1.54, 1.807) is 23.1 Å². The standard InChI is InChI=1S/C24H18BrFN2O/c1-15-7-12-22(16(2)13-15)28-23(17-8-10-19(25)11-9-17)27-21(24(28)29)14-18-5-3-4-6-20(18)26/h3-14H,1-2H3/b21-14-. The zero-order valence-corrected chi connectivity index (χ0v) is 17.6. The maximum Gasteiger partial charge on any atom is 0.282 e. The number of halogens is 2. The second-order valence-corrected chi connectivity index (χ2v) is 7.84. The number of nitrogens with zero attached hydrogens (tertiary/aromatic N) is 2. The predicted molar refractivity (Wildman–Crippen MR) is 118 cm³/mol. The van der Waals surface area contributed by atoms with E-state index in [9.17, 15) is 9.18 Å². The van der Waals surface area contributed by atoms with E-state index in [1.165, 1.54) is 12.1 Å². The summed E-state index contributed by atoms with van der Waals surface area (Å²) >= 11 is 3.44. The van der Waals surface area contributed by atoms with E-state index in [-0.39, 0.29) is 11.6 Å². The fraction of sp³-hybridized carbons (Fsp3) is 0.0833. The molecule has 0 aromatic heterocycles. The molecule has 0 N–H and O–H groups in total. The van der Waals surface area contributed by atoms with Crippen molar-refractivity contribution in [3.05, 3.63) is 105 Å². The third-order valence-corrected chi connectivity index (χ3v) is 5.28. The van der Waals surface area contributed by atoms with Gasteiger partial charge in [-0.3, -0.25) is 9.69 Å². The Morgan fingerprint density at radius 2 is 1.72 bits per heavy atom. The van der Waals surface area contributed by atoms with Gasteiger partial charge in [-0.05, 0) is 49.8 Å². The molecule has 1 aliphatic rings. The summed E-state index contributed by atoms with van der Waals surface area (Å²) in [6.45, 7) is 3.98. The molecule has 1 amide bonds. The highest BCUT2D eigenvalue weighted by atomic mass is 79.9. The number of amidine groups is 1. The summed E-state index contributed by atoms with van der Waals surface area (Å²) in [5, 5.41) is 0. The molecule has 3 aromatic carbocycles. The number of hydrogen-bond donors (Lipinski definition) is 0. The number of carbonyl (C=O) groups excluding carboxylic acids is 1. The van der Waals surface area contributed by atoms with Crippen LogP contribution in [-0.4, -0.2) is 11.7 Å². The number of rotatable bonds is 3. The lowest BCUT2D eigenvalue weighted by Gasteiger charge is -2.21. The van der Waals surface area contributed by atoms with Crippen LogP contribution in [0.25, 0.3) is 6.08 Å². The smallest absolute Gasteiger partial charge is 0.266 e. The molecular formula is C24H18BrFN2O. The Balaban J connectivity index is 1.87. The van der Waals surface area contributed by atoms with Crippen LogP contribution in [0.1, 0.15) is 22.3 Å². The highest BCUT2D eigenvalue weighted by molar-refractivity contribution is 9.10. The second kappa shape index (κ2) is 7.76. The summed E-state index contributed by atoms with van der Waals surface area (Å²) in [7, 11) is 0. The van der Waals surface area contributed by atoms with Crippen molar-refractivity contribution in [1.29, 1.82) is 0 Å². The van der Waals surface area contributed by atoms with Crippen LogP contribution in [0.4, 0.5) is 10.1 Å². The average Bonchev–Trinajstić information content (AvgIpc) is 3.01. The minimum absolute atomic E-state index is 0.202. The number of aryl methyl sites for hydroxylation is 2. The first-order valence-electron chi connectivity index (χ1n) is 9.16. The molecule has 1 aliphatic heterocycles. The summed E-state index contributed by atoms with van der Waals surface area (Å²) < 4.78 is 15.1. The Morgan fingerprint density at radius 1 is 1.00 bits per heavy atom. The van der Waals surface area contributed by atoms with Gasteiger partial charge in [-0.2, -0.15) is 0 Å². The zero-order chi connectivity index (χ0) is 20.5. The van der Waals surface area contributed by atoms with Crippen LogP contribution < -0.4 is 4.90 Å². The van der Waals surface area contributed by atoms with Crippen molar-refractivity contribution in [3.8, 4) is 0 Å². The van der Waals surface area contributed by atoms with E-state index in [2.05, 4.69) is 20.9 Å². The normalized spacial score (nSPS) is 15.2. The lowest BCUT2D eigenvalue weighted by Crippen LogP contribution is -2.33. The summed E-state index contributed by atoms with van der Waals surface area (Å²) in [4.78, 5) is 19.5. The fourth-order valence-corrected chi connectivity index (χ4v) is 3.59. The van der Waals surface area contributed by atoms with Crippen LogP contribution in [0.15, 0.2) is 81.9 Å². The van der Waals surface area contributed by atoms with Gasteiger partial charge in [-0.15, -0.1) is 0 Å². The van der Waals surface area contributed by atoms with Gasteiger partial charge in [0.25, 0.3) is 5.91 Å². The van der Waals surface area contributed by atoms with E-state index in [1.807, 2.05) is 56.3 Å². The number of amides is 1. The van der Waals surface area contributed by atoms with Crippen molar-refractivity contribution in [2.24, 2.45) is 4.99 Å². The van der Waals surface area contributed by atoms with Crippen molar-refractivity contribution >= 4 is 39.4 Å². The summed E-state index contributed by atoms with van der Waals surface area (Å²) in [5.74, 6) is -0.145. The molecule has 0 bridgehead atoms. The summed E-state index contributed by atoms with van der Waals surface area (Å²) in [6, 6.07) is 19.9. The molecule has 0 unspecified atom stereocenters. The van der Waals surface area contributed by atoms with Gasteiger partial charge in [-0.1, -0.05) is 64.0 Å². The topological polar surface area (TPSA) is 32.7 Å². The molecule has 0 radical (unpaired) electrons. The molecule has 3 aromatic rings. The molecule has 4 rings (SSSR count). The van der Waals surface area contributed by atoms with Crippen LogP contribution in [0.5, 0.6) is 0 Å². The first kappa shape index (κ1) is 19.3. The number of anilines is 1. The largest absolute Gasteiger partial charge is 0.282 e. The number of benzene rings is 3. The second-order valence-electron chi connectivity index (χ2n) is 6.92. The third-order valence-electron chi connectivity index (χ3n) is 4.75. The lowest BCUT2D eigenvalue weighted by atomic mass is 10.1. The lowest BCUT2D eigenvalue weighted by molar-refractivity contribution is -0.113. The molecule has 3 nitrogen and oxygen atoms in total. The minimum Gasteiger partial charge on any atom is -0.266 e. The minimum atomic E-state index is -0.391.